The largest absolute Gasteiger partial charge is 0.493 e. The average Bonchev–Trinajstić information content (AvgIpc) is 3.11. The van der Waals surface area contributed by atoms with E-state index < -0.39 is 0 Å². The van der Waals surface area contributed by atoms with Crippen molar-refractivity contribution >= 4 is 11.8 Å². The number of pyridine rings is 1. The molecule has 2 amide bonds. The van der Waals surface area contributed by atoms with Crippen LogP contribution in [0.5, 0.6) is 11.5 Å². The number of benzene rings is 1. The van der Waals surface area contributed by atoms with Crippen molar-refractivity contribution in [1.82, 2.24) is 15.2 Å². The molecule has 0 aliphatic carbocycles. The first-order valence-corrected chi connectivity index (χ1v) is 8.81. The molecule has 0 unspecified atom stereocenters. The van der Waals surface area contributed by atoms with E-state index in [4.69, 9.17) is 9.47 Å². The highest BCUT2D eigenvalue weighted by molar-refractivity contribution is 5.98. The standard InChI is InChI=1S/C20H23N3O4/c1-26-17-5-3-4-16(19(17)27-2)20(25)23(12-14-8-10-21-11-9-14)13-15-6-7-18(24)22-15/h3-5,8-11,15H,6-7,12-13H2,1-2H3,(H,22,24)/t15-/m0/s1. The van der Waals surface area contributed by atoms with Crippen molar-refractivity contribution in [1.29, 1.82) is 0 Å². The number of hydrogen-bond donors (Lipinski definition) is 1. The Bertz CT molecular complexity index is 810. The van der Waals surface area contributed by atoms with Gasteiger partial charge in [-0.25, -0.2) is 0 Å². The summed E-state index contributed by atoms with van der Waals surface area (Å²) in [6.45, 7) is 0.835. The summed E-state index contributed by atoms with van der Waals surface area (Å²) in [6, 6.07) is 8.92. The third-order valence-corrected chi connectivity index (χ3v) is 4.57. The monoisotopic (exact) mass is 369 g/mol. The van der Waals surface area contributed by atoms with Gasteiger partial charge in [0.15, 0.2) is 11.5 Å². The van der Waals surface area contributed by atoms with Crippen LogP contribution in [0.15, 0.2) is 42.7 Å². The van der Waals surface area contributed by atoms with Gasteiger partial charge in [0, 0.05) is 37.9 Å². The maximum Gasteiger partial charge on any atom is 0.258 e. The van der Waals surface area contributed by atoms with Gasteiger partial charge in [0.25, 0.3) is 5.91 Å². The molecule has 2 aromatic rings. The van der Waals surface area contributed by atoms with E-state index >= 15 is 0 Å². The minimum Gasteiger partial charge on any atom is -0.493 e. The molecule has 0 bridgehead atoms. The Hall–Kier alpha value is -3.09. The highest BCUT2D eigenvalue weighted by atomic mass is 16.5. The van der Waals surface area contributed by atoms with E-state index in [1.807, 2.05) is 12.1 Å². The summed E-state index contributed by atoms with van der Waals surface area (Å²) >= 11 is 0. The number of nitrogens with zero attached hydrogens (tertiary/aromatic N) is 2. The van der Waals surface area contributed by atoms with Crippen molar-refractivity contribution in [2.75, 3.05) is 20.8 Å². The molecule has 7 nitrogen and oxygen atoms in total. The molecule has 3 rings (SSSR count). The molecule has 1 aliphatic heterocycles. The van der Waals surface area contributed by atoms with Gasteiger partial charge in [-0.05, 0) is 36.2 Å². The number of methoxy groups -OCH3 is 2. The van der Waals surface area contributed by atoms with Gasteiger partial charge in [-0.2, -0.15) is 0 Å². The van der Waals surface area contributed by atoms with Gasteiger partial charge in [0.1, 0.15) is 0 Å². The molecule has 1 aliphatic rings. The molecule has 27 heavy (non-hydrogen) atoms. The molecule has 1 saturated heterocycles. The molecule has 1 N–H and O–H groups in total. The second kappa shape index (κ2) is 8.53. The molecule has 1 fully saturated rings. The number of nitrogens with one attached hydrogen (secondary N) is 1. The van der Waals surface area contributed by atoms with Crippen molar-refractivity contribution in [2.45, 2.75) is 25.4 Å². The minimum atomic E-state index is -0.177. The molecule has 2 heterocycles. The van der Waals surface area contributed by atoms with E-state index in [-0.39, 0.29) is 17.9 Å². The fourth-order valence-corrected chi connectivity index (χ4v) is 3.23. The van der Waals surface area contributed by atoms with E-state index in [2.05, 4.69) is 10.3 Å². The molecular weight excluding hydrogens is 346 g/mol. The summed E-state index contributed by atoms with van der Waals surface area (Å²) in [7, 11) is 3.05. The lowest BCUT2D eigenvalue weighted by Crippen LogP contribution is -2.41. The van der Waals surface area contributed by atoms with Crippen LogP contribution in [0.1, 0.15) is 28.8 Å². The van der Waals surface area contributed by atoms with Gasteiger partial charge in [0.05, 0.1) is 19.8 Å². The smallest absolute Gasteiger partial charge is 0.258 e. The number of ether oxygens (including phenoxy) is 2. The molecular formula is C20H23N3O4. The second-order valence-corrected chi connectivity index (χ2v) is 6.39. The molecule has 1 aromatic heterocycles. The maximum absolute atomic E-state index is 13.3. The van der Waals surface area contributed by atoms with Gasteiger partial charge in [-0.3, -0.25) is 14.6 Å². The summed E-state index contributed by atoms with van der Waals surface area (Å²) in [4.78, 5) is 30.6. The maximum atomic E-state index is 13.3. The number of rotatable bonds is 7. The first-order chi connectivity index (χ1) is 13.1. The van der Waals surface area contributed by atoms with E-state index in [9.17, 15) is 9.59 Å². The summed E-state index contributed by atoms with van der Waals surface area (Å²) in [5, 5.41) is 2.93. The summed E-state index contributed by atoms with van der Waals surface area (Å²) in [5.74, 6) is 0.751. The van der Waals surface area contributed by atoms with Crippen molar-refractivity contribution in [2.24, 2.45) is 0 Å². The van der Waals surface area contributed by atoms with Gasteiger partial charge in [0.2, 0.25) is 5.91 Å². The Balaban J connectivity index is 1.89. The second-order valence-electron chi connectivity index (χ2n) is 6.39. The fraction of sp³-hybridized carbons (Fsp3) is 0.350. The topological polar surface area (TPSA) is 80.8 Å². The van der Waals surface area contributed by atoms with Crippen LogP contribution in [0.25, 0.3) is 0 Å². The number of amides is 2. The molecule has 7 heteroatoms. The molecule has 0 radical (unpaired) electrons. The quantitative estimate of drug-likeness (QED) is 0.808. The zero-order valence-corrected chi connectivity index (χ0v) is 15.5. The van der Waals surface area contributed by atoms with Crippen molar-refractivity contribution in [3.8, 4) is 11.5 Å². The van der Waals surface area contributed by atoms with Crippen LogP contribution in [0.3, 0.4) is 0 Å². The Morgan fingerprint density at radius 2 is 2.00 bits per heavy atom. The highest BCUT2D eigenvalue weighted by Crippen LogP contribution is 2.32. The number of hydrogen-bond acceptors (Lipinski definition) is 5. The van der Waals surface area contributed by atoms with Crippen LogP contribution in [0.4, 0.5) is 0 Å². The van der Waals surface area contributed by atoms with E-state index in [1.54, 1.807) is 35.5 Å². The zero-order chi connectivity index (χ0) is 19.2. The molecule has 0 saturated carbocycles. The lowest BCUT2D eigenvalue weighted by atomic mass is 10.1. The third-order valence-electron chi connectivity index (χ3n) is 4.57. The van der Waals surface area contributed by atoms with Gasteiger partial charge < -0.3 is 19.7 Å². The minimum absolute atomic E-state index is 0.0234. The number of para-hydroxylation sites is 1. The van der Waals surface area contributed by atoms with E-state index in [0.717, 1.165) is 5.56 Å². The fourth-order valence-electron chi connectivity index (χ4n) is 3.23. The van der Waals surface area contributed by atoms with Crippen LogP contribution < -0.4 is 14.8 Å². The van der Waals surface area contributed by atoms with Crippen LogP contribution in [-0.2, 0) is 11.3 Å². The predicted molar refractivity (Wildman–Crippen MR) is 99.7 cm³/mol. The number of carbonyl (C=O) groups excluding carboxylic acids is 2. The molecule has 1 aromatic carbocycles. The van der Waals surface area contributed by atoms with E-state index in [0.29, 0.717) is 43.0 Å². The zero-order valence-electron chi connectivity index (χ0n) is 15.5. The Kier molecular flexibility index (Phi) is 5.90. The van der Waals surface area contributed by atoms with E-state index in [1.165, 1.54) is 14.2 Å². The van der Waals surface area contributed by atoms with Gasteiger partial charge in [-0.1, -0.05) is 6.07 Å². The van der Waals surface area contributed by atoms with Gasteiger partial charge >= 0.3 is 0 Å². The van der Waals surface area contributed by atoms with Crippen molar-refractivity contribution in [3.63, 3.8) is 0 Å². The Morgan fingerprint density at radius 3 is 2.63 bits per heavy atom. The number of carbonyl (C=O) groups is 2. The lowest BCUT2D eigenvalue weighted by molar-refractivity contribution is -0.119. The number of aromatic nitrogens is 1. The molecule has 142 valence electrons. The predicted octanol–water partition coefficient (Wildman–Crippen LogP) is 2.02. The normalized spacial score (nSPS) is 15.9. The highest BCUT2D eigenvalue weighted by Gasteiger charge is 2.28. The van der Waals surface area contributed by atoms with Crippen LogP contribution in [-0.4, -0.2) is 48.5 Å². The molecule has 1 atom stereocenters. The molecule has 0 spiro atoms. The van der Waals surface area contributed by atoms with Crippen molar-refractivity contribution in [3.05, 3.63) is 53.9 Å². The van der Waals surface area contributed by atoms with Crippen LogP contribution in [0, 0.1) is 0 Å². The van der Waals surface area contributed by atoms with Gasteiger partial charge in [-0.15, -0.1) is 0 Å². The SMILES string of the molecule is COc1cccc(C(=O)N(Cc2ccncc2)C[C@@H]2CCC(=O)N2)c1OC. The lowest BCUT2D eigenvalue weighted by Gasteiger charge is -2.27. The summed E-state index contributed by atoms with van der Waals surface area (Å²) in [5.41, 5.74) is 1.39. The van der Waals surface area contributed by atoms with Crippen LogP contribution >= 0.6 is 0 Å². The Labute approximate surface area is 158 Å². The Morgan fingerprint density at radius 1 is 1.22 bits per heavy atom. The van der Waals surface area contributed by atoms with Crippen molar-refractivity contribution < 1.29 is 19.1 Å². The third kappa shape index (κ3) is 4.36. The van der Waals surface area contributed by atoms with Crippen LogP contribution in [0.2, 0.25) is 0 Å². The summed E-state index contributed by atoms with van der Waals surface area (Å²) in [6.07, 6.45) is 4.60. The first kappa shape index (κ1) is 18.7. The average molecular weight is 369 g/mol. The summed E-state index contributed by atoms with van der Waals surface area (Å²) < 4.78 is 10.7. The first-order valence-electron chi connectivity index (χ1n) is 8.81.